The molecule has 32 heavy (non-hydrogen) atoms. The summed E-state index contributed by atoms with van der Waals surface area (Å²) in [6.45, 7) is 2.22. The molecule has 0 aliphatic heterocycles. The molecule has 0 amide bonds. The van der Waals surface area contributed by atoms with E-state index in [-0.39, 0.29) is 17.5 Å². The highest BCUT2D eigenvalue weighted by Gasteiger charge is 2.15. The Bertz CT molecular complexity index is 748. The van der Waals surface area contributed by atoms with E-state index in [1.807, 2.05) is 0 Å². The summed E-state index contributed by atoms with van der Waals surface area (Å²) in [6, 6.07) is 5.95. The van der Waals surface area contributed by atoms with Gasteiger partial charge in [0.2, 0.25) is 0 Å². The van der Waals surface area contributed by atoms with Gasteiger partial charge in [-0.2, -0.15) is 0 Å². The third-order valence-corrected chi connectivity index (χ3v) is 5.06. The Morgan fingerprint density at radius 2 is 1.38 bits per heavy atom. The van der Waals surface area contributed by atoms with Gasteiger partial charge in [-0.25, -0.2) is 9.59 Å². The average molecular weight is 443 g/mol. The SMILES string of the molecule is CCCCC/C=C\C/C=C\CCCCCCCC(=O)OC(=O)c1cccc(C(=O)OC)c1. The van der Waals surface area contributed by atoms with E-state index in [1.54, 1.807) is 6.07 Å². The molecule has 0 bridgehead atoms. The number of rotatable bonds is 16. The first-order valence-electron chi connectivity index (χ1n) is 11.8. The van der Waals surface area contributed by atoms with Gasteiger partial charge < -0.3 is 9.47 Å². The van der Waals surface area contributed by atoms with Gasteiger partial charge in [0.1, 0.15) is 0 Å². The van der Waals surface area contributed by atoms with Crippen LogP contribution in [0.3, 0.4) is 0 Å². The van der Waals surface area contributed by atoms with Gasteiger partial charge in [0.05, 0.1) is 18.2 Å². The summed E-state index contributed by atoms with van der Waals surface area (Å²) < 4.78 is 9.50. The molecule has 0 N–H and O–H groups in total. The van der Waals surface area contributed by atoms with E-state index in [2.05, 4.69) is 36.0 Å². The first-order chi connectivity index (χ1) is 15.6. The number of ether oxygens (including phenoxy) is 2. The third-order valence-electron chi connectivity index (χ3n) is 5.06. The lowest BCUT2D eigenvalue weighted by atomic mass is 10.1. The highest BCUT2D eigenvalue weighted by atomic mass is 16.6. The van der Waals surface area contributed by atoms with Gasteiger partial charge >= 0.3 is 17.9 Å². The summed E-state index contributed by atoms with van der Waals surface area (Å²) in [6.07, 6.45) is 21.3. The number of allylic oxidation sites excluding steroid dienone is 4. The summed E-state index contributed by atoms with van der Waals surface area (Å²) >= 11 is 0. The van der Waals surface area contributed by atoms with Crippen molar-refractivity contribution < 1.29 is 23.9 Å². The molecular weight excluding hydrogens is 404 g/mol. The molecule has 0 radical (unpaired) electrons. The molecular formula is C27H38O5. The van der Waals surface area contributed by atoms with Gasteiger partial charge in [-0.15, -0.1) is 0 Å². The first-order valence-corrected chi connectivity index (χ1v) is 11.8. The fourth-order valence-corrected chi connectivity index (χ4v) is 3.19. The van der Waals surface area contributed by atoms with E-state index in [1.165, 1.54) is 51.0 Å². The van der Waals surface area contributed by atoms with E-state index in [4.69, 9.17) is 4.74 Å². The molecule has 1 rings (SSSR count). The number of benzene rings is 1. The Balaban J connectivity index is 2.07. The maximum atomic E-state index is 12.1. The highest BCUT2D eigenvalue weighted by Crippen LogP contribution is 2.11. The maximum absolute atomic E-state index is 12.1. The number of methoxy groups -OCH3 is 1. The van der Waals surface area contributed by atoms with Crippen molar-refractivity contribution in [2.45, 2.75) is 84.0 Å². The minimum absolute atomic E-state index is 0.154. The zero-order valence-electron chi connectivity index (χ0n) is 19.6. The fraction of sp³-hybridized carbons (Fsp3) is 0.519. The standard InChI is InChI=1S/C27H38O5/c1-3-4-5-6-7-8-9-10-11-12-13-14-15-16-17-21-25(28)32-27(30)24-20-18-19-23(22-24)26(29)31-2/h7-8,10-11,18-20,22H,3-6,9,12-17,21H2,1-2H3/b8-7-,11-10-. The maximum Gasteiger partial charge on any atom is 0.345 e. The van der Waals surface area contributed by atoms with E-state index >= 15 is 0 Å². The monoisotopic (exact) mass is 442 g/mol. The molecule has 0 fully saturated rings. The molecule has 0 spiro atoms. The van der Waals surface area contributed by atoms with E-state index < -0.39 is 17.9 Å². The van der Waals surface area contributed by atoms with Crippen molar-refractivity contribution in [3.8, 4) is 0 Å². The van der Waals surface area contributed by atoms with Crippen LogP contribution in [-0.2, 0) is 14.3 Å². The van der Waals surface area contributed by atoms with Crippen molar-refractivity contribution >= 4 is 17.9 Å². The van der Waals surface area contributed by atoms with Crippen molar-refractivity contribution in [2.75, 3.05) is 7.11 Å². The molecule has 0 heterocycles. The number of esters is 3. The average Bonchev–Trinajstić information content (AvgIpc) is 2.81. The zero-order valence-corrected chi connectivity index (χ0v) is 19.6. The van der Waals surface area contributed by atoms with Crippen LogP contribution >= 0.6 is 0 Å². The van der Waals surface area contributed by atoms with Gasteiger partial charge in [-0.1, -0.05) is 69.4 Å². The fourth-order valence-electron chi connectivity index (χ4n) is 3.19. The Labute approximate surface area is 192 Å². The lowest BCUT2D eigenvalue weighted by Crippen LogP contribution is -2.13. The summed E-state index contributed by atoms with van der Waals surface area (Å²) in [5.41, 5.74) is 0.393. The number of hydrogen-bond acceptors (Lipinski definition) is 5. The van der Waals surface area contributed by atoms with Gasteiger partial charge in [0.25, 0.3) is 0 Å². The van der Waals surface area contributed by atoms with Crippen LogP contribution in [0, 0.1) is 0 Å². The molecule has 5 nitrogen and oxygen atoms in total. The van der Waals surface area contributed by atoms with Crippen LogP contribution in [0.1, 0.15) is 105 Å². The van der Waals surface area contributed by atoms with Crippen LogP contribution in [0.2, 0.25) is 0 Å². The van der Waals surface area contributed by atoms with Crippen LogP contribution in [0.15, 0.2) is 48.6 Å². The van der Waals surface area contributed by atoms with Gasteiger partial charge in [-0.3, -0.25) is 4.79 Å². The van der Waals surface area contributed by atoms with E-state index in [0.717, 1.165) is 38.5 Å². The van der Waals surface area contributed by atoms with Crippen LogP contribution in [-0.4, -0.2) is 25.0 Å². The first kappa shape index (κ1) is 27.3. The van der Waals surface area contributed by atoms with Crippen LogP contribution in [0.4, 0.5) is 0 Å². The smallest absolute Gasteiger partial charge is 0.345 e. The molecule has 1 aromatic carbocycles. The second-order valence-corrected chi connectivity index (χ2v) is 7.81. The molecule has 0 unspecified atom stereocenters. The highest BCUT2D eigenvalue weighted by molar-refractivity contribution is 5.99. The zero-order chi connectivity index (χ0) is 23.4. The molecule has 0 atom stereocenters. The quantitative estimate of drug-likeness (QED) is 0.120. The van der Waals surface area contributed by atoms with Crippen LogP contribution in [0.25, 0.3) is 0 Å². The van der Waals surface area contributed by atoms with Gasteiger partial charge in [0, 0.05) is 6.42 Å². The Hall–Kier alpha value is -2.69. The predicted octanol–water partition coefficient (Wildman–Crippen LogP) is 6.97. The minimum Gasteiger partial charge on any atom is -0.465 e. The van der Waals surface area contributed by atoms with E-state index in [9.17, 15) is 14.4 Å². The minimum atomic E-state index is -0.747. The van der Waals surface area contributed by atoms with Crippen molar-refractivity contribution in [1.82, 2.24) is 0 Å². The van der Waals surface area contributed by atoms with Crippen molar-refractivity contribution in [1.29, 1.82) is 0 Å². The van der Waals surface area contributed by atoms with Crippen molar-refractivity contribution in [3.63, 3.8) is 0 Å². The summed E-state index contributed by atoms with van der Waals surface area (Å²) in [7, 11) is 1.27. The molecule has 1 aromatic rings. The lowest BCUT2D eigenvalue weighted by Gasteiger charge is -2.05. The molecule has 0 saturated heterocycles. The molecule has 0 aliphatic rings. The second-order valence-electron chi connectivity index (χ2n) is 7.81. The number of carbonyl (C=O) groups excluding carboxylic acids is 3. The second kappa shape index (κ2) is 17.9. The van der Waals surface area contributed by atoms with Crippen molar-refractivity contribution in [2.24, 2.45) is 0 Å². The van der Waals surface area contributed by atoms with Crippen LogP contribution < -0.4 is 0 Å². The van der Waals surface area contributed by atoms with Crippen LogP contribution in [0.5, 0.6) is 0 Å². The summed E-state index contributed by atoms with van der Waals surface area (Å²) in [5.74, 6) is -1.83. The predicted molar refractivity (Wildman–Crippen MR) is 128 cm³/mol. The topological polar surface area (TPSA) is 69.7 Å². The number of hydrogen-bond donors (Lipinski definition) is 0. The summed E-state index contributed by atoms with van der Waals surface area (Å²) in [4.78, 5) is 35.5. The Morgan fingerprint density at radius 3 is 2.03 bits per heavy atom. The van der Waals surface area contributed by atoms with Crippen molar-refractivity contribution in [3.05, 3.63) is 59.7 Å². The molecule has 0 aliphatic carbocycles. The third kappa shape index (κ3) is 12.9. The number of carbonyl (C=O) groups is 3. The largest absolute Gasteiger partial charge is 0.465 e. The Kier molecular flexibility index (Phi) is 15.3. The lowest BCUT2D eigenvalue weighted by molar-refractivity contribution is -0.138. The molecule has 5 heteroatoms. The molecule has 0 aromatic heterocycles. The van der Waals surface area contributed by atoms with Gasteiger partial charge in [-0.05, 0) is 56.7 Å². The molecule has 0 saturated carbocycles. The number of unbranched alkanes of at least 4 members (excludes halogenated alkanes) is 8. The normalized spacial score (nSPS) is 11.2. The van der Waals surface area contributed by atoms with E-state index in [0.29, 0.717) is 6.42 Å². The summed E-state index contributed by atoms with van der Waals surface area (Å²) in [5, 5.41) is 0. The molecule has 176 valence electrons. The van der Waals surface area contributed by atoms with Gasteiger partial charge in [0.15, 0.2) is 0 Å². The Morgan fingerprint density at radius 1 is 0.781 bits per heavy atom.